The van der Waals surface area contributed by atoms with Crippen molar-refractivity contribution in [2.75, 3.05) is 32.9 Å². The van der Waals surface area contributed by atoms with Crippen molar-refractivity contribution in [2.45, 2.75) is 31.3 Å². The molecule has 0 unspecified atom stereocenters. The molecule has 1 aliphatic carbocycles. The molecule has 3 heterocycles. The van der Waals surface area contributed by atoms with Crippen molar-refractivity contribution in [3.8, 4) is 0 Å². The van der Waals surface area contributed by atoms with E-state index in [0.717, 1.165) is 55.0 Å². The number of amides is 1. The summed E-state index contributed by atoms with van der Waals surface area (Å²) in [4.78, 5) is 19.1. The zero-order valence-electron chi connectivity index (χ0n) is 15.6. The summed E-state index contributed by atoms with van der Waals surface area (Å²) in [6.07, 6.45) is 6.55. The van der Waals surface area contributed by atoms with Crippen LogP contribution in [0.2, 0.25) is 0 Å². The molecule has 2 saturated heterocycles. The predicted molar refractivity (Wildman–Crippen MR) is 103 cm³/mol. The molecule has 0 radical (unpaired) electrons. The molecule has 142 valence electrons. The minimum Gasteiger partial charge on any atom is -0.381 e. The lowest BCUT2D eigenvalue weighted by Gasteiger charge is -2.50. The van der Waals surface area contributed by atoms with Crippen molar-refractivity contribution in [3.63, 3.8) is 0 Å². The van der Waals surface area contributed by atoms with Crippen LogP contribution in [-0.2, 0) is 9.47 Å². The van der Waals surface area contributed by atoms with Gasteiger partial charge in [-0.15, -0.1) is 0 Å². The third-order valence-corrected chi connectivity index (χ3v) is 6.32. The number of rotatable bonds is 6. The Hall–Kier alpha value is -1.98. The first-order valence-electron chi connectivity index (χ1n) is 10.1. The van der Waals surface area contributed by atoms with Gasteiger partial charge in [0.2, 0.25) is 0 Å². The second-order valence-corrected chi connectivity index (χ2v) is 8.28. The van der Waals surface area contributed by atoms with E-state index in [9.17, 15) is 4.79 Å². The molecular weight excluding hydrogens is 340 g/mol. The van der Waals surface area contributed by atoms with Gasteiger partial charge in [-0.2, -0.15) is 0 Å². The minimum absolute atomic E-state index is 0.0885. The van der Waals surface area contributed by atoms with E-state index in [1.165, 1.54) is 12.8 Å². The lowest BCUT2D eigenvalue weighted by molar-refractivity contribution is -0.120. The van der Waals surface area contributed by atoms with Gasteiger partial charge in [0.25, 0.3) is 5.91 Å². The van der Waals surface area contributed by atoms with Crippen LogP contribution in [0.5, 0.6) is 0 Å². The number of nitrogens with zero attached hydrogens (tertiary/aromatic N) is 2. The normalized spacial score (nSPS) is 23.7. The maximum absolute atomic E-state index is 12.9. The summed E-state index contributed by atoms with van der Waals surface area (Å²) in [5.41, 5.74) is 1.50. The highest BCUT2D eigenvalue weighted by molar-refractivity contribution is 5.98. The van der Waals surface area contributed by atoms with Gasteiger partial charge in [-0.25, -0.2) is 0 Å². The number of hydrogen-bond donors (Lipinski definition) is 0. The molecule has 5 nitrogen and oxygen atoms in total. The van der Waals surface area contributed by atoms with Crippen LogP contribution in [0.15, 0.2) is 36.5 Å². The van der Waals surface area contributed by atoms with Crippen LogP contribution >= 0.6 is 0 Å². The van der Waals surface area contributed by atoms with E-state index in [1.54, 1.807) is 6.20 Å². The Morgan fingerprint density at radius 3 is 3.00 bits per heavy atom. The van der Waals surface area contributed by atoms with E-state index in [2.05, 4.69) is 4.98 Å². The number of carbonyl (C=O) groups excluding carboxylic acids is 1. The summed E-state index contributed by atoms with van der Waals surface area (Å²) in [7, 11) is 0. The number of pyridine rings is 1. The Morgan fingerprint density at radius 2 is 2.15 bits per heavy atom. The van der Waals surface area contributed by atoms with Crippen LogP contribution in [0, 0.1) is 11.8 Å². The topological polar surface area (TPSA) is 51.7 Å². The first-order valence-corrected chi connectivity index (χ1v) is 10.1. The van der Waals surface area contributed by atoms with E-state index < -0.39 is 0 Å². The predicted octanol–water partition coefficient (Wildman–Crippen LogP) is 3.28. The number of ether oxygens (including phenoxy) is 2. The molecule has 3 fully saturated rings. The number of benzene rings is 1. The average Bonchev–Trinajstić information content (AvgIpc) is 3.40. The van der Waals surface area contributed by atoms with Gasteiger partial charge in [0.05, 0.1) is 18.6 Å². The summed E-state index contributed by atoms with van der Waals surface area (Å²) >= 11 is 0. The number of fused-ring (bicyclic) bond motifs is 1. The second-order valence-electron chi connectivity index (χ2n) is 8.28. The molecule has 3 aliphatic rings. The molecule has 5 rings (SSSR count). The molecule has 1 aromatic carbocycles. The third kappa shape index (κ3) is 3.34. The highest BCUT2D eigenvalue weighted by Gasteiger charge is 2.54. The van der Waals surface area contributed by atoms with E-state index in [1.807, 2.05) is 35.2 Å². The second kappa shape index (κ2) is 6.88. The van der Waals surface area contributed by atoms with Crippen LogP contribution in [0.25, 0.3) is 10.9 Å². The molecule has 1 spiro atoms. The fourth-order valence-corrected chi connectivity index (χ4v) is 4.44. The first-order chi connectivity index (χ1) is 13.2. The molecule has 2 aliphatic heterocycles. The van der Waals surface area contributed by atoms with Crippen molar-refractivity contribution in [1.29, 1.82) is 0 Å². The van der Waals surface area contributed by atoms with Crippen molar-refractivity contribution in [2.24, 2.45) is 11.8 Å². The molecule has 1 amide bonds. The largest absolute Gasteiger partial charge is 0.381 e. The van der Waals surface area contributed by atoms with E-state index in [0.29, 0.717) is 19.0 Å². The van der Waals surface area contributed by atoms with Crippen LogP contribution in [-0.4, -0.2) is 54.3 Å². The Balaban J connectivity index is 1.19. The highest BCUT2D eigenvalue weighted by atomic mass is 16.5. The van der Waals surface area contributed by atoms with Crippen molar-refractivity contribution in [3.05, 3.63) is 42.1 Å². The highest BCUT2D eigenvalue weighted by Crippen LogP contribution is 2.42. The lowest BCUT2D eigenvalue weighted by atomic mass is 9.79. The number of carbonyl (C=O) groups is 1. The number of hydrogen-bond acceptors (Lipinski definition) is 4. The van der Waals surface area contributed by atoms with Gasteiger partial charge < -0.3 is 14.4 Å². The summed E-state index contributed by atoms with van der Waals surface area (Å²) in [6.45, 7) is 3.94. The molecule has 1 saturated carbocycles. The molecular formula is C22H26N2O3. The van der Waals surface area contributed by atoms with Gasteiger partial charge in [0, 0.05) is 37.0 Å². The zero-order chi connectivity index (χ0) is 18.3. The molecule has 27 heavy (non-hydrogen) atoms. The molecule has 2 aromatic rings. The average molecular weight is 366 g/mol. The molecule has 0 N–H and O–H groups in total. The number of likely N-dealkylation sites (tertiary alicyclic amines) is 1. The quantitative estimate of drug-likeness (QED) is 0.736. The first kappa shape index (κ1) is 17.1. The van der Waals surface area contributed by atoms with Gasteiger partial charge in [-0.1, -0.05) is 6.07 Å². The fraction of sp³-hybridized carbons (Fsp3) is 0.545. The van der Waals surface area contributed by atoms with Crippen LogP contribution in [0.4, 0.5) is 0 Å². The molecule has 1 aromatic heterocycles. The Labute approximate surface area is 159 Å². The lowest BCUT2D eigenvalue weighted by Crippen LogP contribution is -2.66. The van der Waals surface area contributed by atoms with Gasteiger partial charge in [0.1, 0.15) is 5.60 Å². The summed E-state index contributed by atoms with van der Waals surface area (Å²) in [6, 6.07) is 9.63. The summed E-state index contributed by atoms with van der Waals surface area (Å²) in [5, 5.41) is 1.00. The molecule has 0 bridgehead atoms. The third-order valence-electron chi connectivity index (χ3n) is 6.32. The number of aromatic nitrogens is 1. The molecule has 5 heteroatoms. The SMILES string of the molecule is O=C(c1ccc2ncccc2c1)N1CC2(C1)OCC[C@H]2CCOCC1CC1. The van der Waals surface area contributed by atoms with Crippen molar-refractivity contribution >= 4 is 16.8 Å². The van der Waals surface area contributed by atoms with Gasteiger partial charge in [-0.3, -0.25) is 9.78 Å². The standard InChI is InChI=1S/C22H26N2O3/c25-21(18-5-6-20-17(12-18)2-1-9-23-20)24-14-22(15-24)19(8-11-27-22)7-10-26-13-16-3-4-16/h1-2,5-6,9,12,16,19H,3-4,7-8,10-11,13-15H2/t19-/m1/s1. The van der Waals surface area contributed by atoms with Crippen LogP contribution in [0.1, 0.15) is 36.0 Å². The maximum Gasteiger partial charge on any atom is 0.254 e. The van der Waals surface area contributed by atoms with Crippen LogP contribution < -0.4 is 0 Å². The van der Waals surface area contributed by atoms with Crippen LogP contribution in [0.3, 0.4) is 0 Å². The van der Waals surface area contributed by atoms with E-state index in [4.69, 9.17) is 9.47 Å². The van der Waals surface area contributed by atoms with E-state index in [-0.39, 0.29) is 11.5 Å². The maximum atomic E-state index is 12.9. The molecule has 1 atom stereocenters. The zero-order valence-corrected chi connectivity index (χ0v) is 15.6. The Bertz CT molecular complexity index is 842. The fourth-order valence-electron chi connectivity index (χ4n) is 4.44. The smallest absolute Gasteiger partial charge is 0.254 e. The van der Waals surface area contributed by atoms with Crippen molar-refractivity contribution in [1.82, 2.24) is 9.88 Å². The summed E-state index contributed by atoms with van der Waals surface area (Å²) < 4.78 is 11.9. The van der Waals surface area contributed by atoms with Crippen molar-refractivity contribution < 1.29 is 14.3 Å². The Morgan fingerprint density at radius 1 is 1.26 bits per heavy atom. The monoisotopic (exact) mass is 366 g/mol. The van der Waals surface area contributed by atoms with E-state index >= 15 is 0 Å². The van der Waals surface area contributed by atoms with Gasteiger partial charge in [0.15, 0.2) is 0 Å². The minimum atomic E-state index is -0.142. The van der Waals surface area contributed by atoms with Gasteiger partial charge in [-0.05, 0) is 61.8 Å². The summed E-state index contributed by atoms with van der Waals surface area (Å²) in [5.74, 6) is 1.40. The Kier molecular flexibility index (Phi) is 4.37. The van der Waals surface area contributed by atoms with Gasteiger partial charge >= 0.3 is 0 Å².